The van der Waals surface area contributed by atoms with E-state index in [1.165, 1.54) is 38.6 Å². The Hall–Kier alpha value is -0.280. The van der Waals surface area contributed by atoms with Crippen molar-refractivity contribution in [2.45, 2.75) is 57.4 Å². The van der Waals surface area contributed by atoms with E-state index < -0.39 is 5.97 Å². The summed E-state index contributed by atoms with van der Waals surface area (Å²) in [6.07, 6.45) is 9.23. The quantitative estimate of drug-likeness (QED) is 0.748. The Bertz CT molecular complexity index is 244. The number of carboxylic acid groups (broad SMARTS) is 1. The van der Waals surface area contributed by atoms with Crippen LogP contribution in [-0.4, -0.2) is 35.1 Å². The maximum atomic E-state index is 10.4. The van der Waals surface area contributed by atoms with Crippen LogP contribution in [0.2, 0.25) is 0 Å². The summed E-state index contributed by atoms with van der Waals surface area (Å²) in [5, 5.41) is 8.58. The fourth-order valence-corrected chi connectivity index (χ4v) is 3.08. The van der Waals surface area contributed by atoms with E-state index in [1.54, 1.807) is 0 Å². The minimum absolute atomic E-state index is 0. The molecule has 1 aliphatic carbocycles. The lowest BCUT2D eigenvalue weighted by Gasteiger charge is -2.37. The van der Waals surface area contributed by atoms with Crippen molar-refractivity contribution < 1.29 is 9.90 Å². The Morgan fingerprint density at radius 1 is 1.18 bits per heavy atom. The van der Waals surface area contributed by atoms with Crippen molar-refractivity contribution in [3.8, 4) is 0 Å². The third kappa shape index (κ3) is 4.14. The number of hydrogen-bond acceptors (Lipinski definition) is 2. The van der Waals surface area contributed by atoms with Crippen molar-refractivity contribution in [2.24, 2.45) is 5.92 Å². The monoisotopic (exact) mass is 261 g/mol. The van der Waals surface area contributed by atoms with E-state index >= 15 is 0 Å². The molecule has 1 N–H and O–H groups in total. The van der Waals surface area contributed by atoms with E-state index in [4.69, 9.17) is 5.11 Å². The molecule has 0 aromatic rings. The molecule has 1 saturated heterocycles. The van der Waals surface area contributed by atoms with E-state index in [-0.39, 0.29) is 12.4 Å². The SMILES string of the molecule is Cl.O=C(O)CCCCN1CCCC1C1CCC1. The fraction of sp³-hybridized carbons (Fsp3) is 0.923. The molecule has 0 aromatic heterocycles. The number of halogens is 1. The summed E-state index contributed by atoms with van der Waals surface area (Å²) in [6, 6.07) is 0.832. The number of unbranched alkanes of at least 4 members (excludes halogenated alkanes) is 1. The molecule has 0 aromatic carbocycles. The van der Waals surface area contributed by atoms with E-state index in [1.807, 2.05) is 0 Å². The minimum atomic E-state index is -0.656. The molecule has 1 atom stereocenters. The van der Waals surface area contributed by atoms with Crippen LogP contribution in [0.1, 0.15) is 51.4 Å². The largest absolute Gasteiger partial charge is 0.481 e. The first-order chi connectivity index (χ1) is 7.77. The minimum Gasteiger partial charge on any atom is -0.481 e. The third-order valence-electron chi connectivity index (χ3n) is 4.19. The van der Waals surface area contributed by atoms with Crippen molar-refractivity contribution in [1.29, 1.82) is 0 Å². The molecule has 1 saturated carbocycles. The first-order valence-electron chi connectivity index (χ1n) is 6.73. The normalized spacial score (nSPS) is 25.3. The second kappa shape index (κ2) is 7.22. The van der Waals surface area contributed by atoms with E-state index in [9.17, 15) is 4.79 Å². The van der Waals surface area contributed by atoms with Crippen molar-refractivity contribution in [3.05, 3.63) is 0 Å². The van der Waals surface area contributed by atoms with Crippen LogP contribution in [0.15, 0.2) is 0 Å². The average Bonchev–Trinajstić information content (AvgIpc) is 2.58. The highest BCUT2D eigenvalue weighted by atomic mass is 35.5. The zero-order valence-electron chi connectivity index (χ0n) is 10.4. The molecular formula is C13H24ClNO2. The zero-order valence-corrected chi connectivity index (χ0v) is 11.3. The van der Waals surface area contributed by atoms with Crippen LogP contribution in [0.5, 0.6) is 0 Å². The predicted molar refractivity (Wildman–Crippen MR) is 70.7 cm³/mol. The summed E-state index contributed by atoms with van der Waals surface area (Å²) in [5.74, 6) is 0.305. The average molecular weight is 262 g/mol. The lowest BCUT2D eigenvalue weighted by atomic mass is 9.79. The lowest BCUT2D eigenvalue weighted by Crippen LogP contribution is -2.39. The number of carboxylic acids is 1. The molecule has 1 heterocycles. The first-order valence-corrected chi connectivity index (χ1v) is 6.73. The summed E-state index contributed by atoms with van der Waals surface area (Å²) in [4.78, 5) is 13.0. The molecule has 1 aliphatic heterocycles. The van der Waals surface area contributed by atoms with Crippen LogP contribution >= 0.6 is 12.4 Å². The Morgan fingerprint density at radius 2 is 1.94 bits per heavy atom. The number of nitrogens with zero attached hydrogens (tertiary/aromatic N) is 1. The fourth-order valence-electron chi connectivity index (χ4n) is 3.08. The van der Waals surface area contributed by atoms with Gasteiger partial charge < -0.3 is 10.0 Å². The molecule has 2 rings (SSSR count). The molecule has 4 heteroatoms. The number of carbonyl (C=O) groups is 1. The molecule has 2 fully saturated rings. The number of hydrogen-bond donors (Lipinski definition) is 1. The molecule has 0 bridgehead atoms. The Kier molecular flexibility index (Phi) is 6.28. The first kappa shape index (κ1) is 14.8. The molecular weight excluding hydrogens is 238 g/mol. The van der Waals surface area contributed by atoms with Gasteiger partial charge in [0.05, 0.1) is 0 Å². The molecule has 3 nitrogen and oxygen atoms in total. The summed E-state index contributed by atoms with van der Waals surface area (Å²) < 4.78 is 0. The Morgan fingerprint density at radius 3 is 2.53 bits per heavy atom. The van der Waals surface area contributed by atoms with Gasteiger partial charge in [0.15, 0.2) is 0 Å². The molecule has 17 heavy (non-hydrogen) atoms. The van der Waals surface area contributed by atoms with E-state index in [2.05, 4.69) is 4.90 Å². The van der Waals surface area contributed by atoms with Gasteiger partial charge in [0.2, 0.25) is 0 Å². The molecule has 0 spiro atoms. The second-order valence-electron chi connectivity index (χ2n) is 5.29. The standard InChI is InChI=1S/C13H23NO2.ClH/c15-13(16)8-1-2-9-14-10-4-7-12(14)11-5-3-6-11;/h11-12H,1-10H2,(H,15,16);1H. The Balaban J connectivity index is 0.00000144. The van der Waals surface area contributed by atoms with Gasteiger partial charge >= 0.3 is 5.97 Å². The lowest BCUT2D eigenvalue weighted by molar-refractivity contribution is -0.137. The van der Waals surface area contributed by atoms with Gasteiger partial charge in [-0.15, -0.1) is 12.4 Å². The highest BCUT2D eigenvalue weighted by molar-refractivity contribution is 5.85. The van der Waals surface area contributed by atoms with Crippen molar-refractivity contribution in [3.63, 3.8) is 0 Å². The van der Waals surface area contributed by atoms with Crippen molar-refractivity contribution >= 4 is 18.4 Å². The number of likely N-dealkylation sites (tertiary alicyclic amines) is 1. The van der Waals surface area contributed by atoms with Gasteiger partial charge in [-0.1, -0.05) is 6.42 Å². The maximum Gasteiger partial charge on any atom is 0.303 e. The predicted octanol–water partition coefficient (Wildman–Crippen LogP) is 2.93. The summed E-state index contributed by atoms with van der Waals surface area (Å²) in [7, 11) is 0. The smallest absolute Gasteiger partial charge is 0.303 e. The van der Waals surface area contributed by atoms with Crippen molar-refractivity contribution in [1.82, 2.24) is 4.90 Å². The van der Waals surface area contributed by atoms with E-state index in [0.29, 0.717) is 6.42 Å². The van der Waals surface area contributed by atoms with Crippen LogP contribution in [0.25, 0.3) is 0 Å². The molecule has 100 valence electrons. The molecule has 0 radical (unpaired) electrons. The highest BCUT2D eigenvalue weighted by Gasteiger charge is 2.34. The number of aliphatic carboxylic acids is 1. The molecule has 1 unspecified atom stereocenters. The third-order valence-corrected chi connectivity index (χ3v) is 4.19. The highest BCUT2D eigenvalue weighted by Crippen LogP contribution is 2.37. The van der Waals surface area contributed by atoms with Gasteiger partial charge in [0.1, 0.15) is 0 Å². The number of rotatable bonds is 6. The summed E-state index contributed by atoms with van der Waals surface area (Å²) in [5.41, 5.74) is 0. The van der Waals surface area contributed by atoms with Gasteiger partial charge in [-0.25, -0.2) is 0 Å². The van der Waals surface area contributed by atoms with Crippen LogP contribution in [0, 0.1) is 5.92 Å². The van der Waals surface area contributed by atoms with Gasteiger partial charge in [0.25, 0.3) is 0 Å². The molecule has 2 aliphatic rings. The van der Waals surface area contributed by atoms with Crippen LogP contribution in [0.4, 0.5) is 0 Å². The molecule has 0 amide bonds. The van der Waals surface area contributed by atoms with Gasteiger partial charge in [-0.05, 0) is 57.5 Å². The topological polar surface area (TPSA) is 40.5 Å². The van der Waals surface area contributed by atoms with Crippen LogP contribution < -0.4 is 0 Å². The van der Waals surface area contributed by atoms with Crippen LogP contribution in [-0.2, 0) is 4.79 Å². The summed E-state index contributed by atoms with van der Waals surface area (Å²) in [6.45, 7) is 2.36. The summed E-state index contributed by atoms with van der Waals surface area (Å²) >= 11 is 0. The van der Waals surface area contributed by atoms with E-state index in [0.717, 1.165) is 31.3 Å². The van der Waals surface area contributed by atoms with Crippen LogP contribution in [0.3, 0.4) is 0 Å². The van der Waals surface area contributed by atoms with Crippen molar-refractivity contribution in [2.75, 3.05) is 13.1 Å². The Labute approximate surface area is 110 Å². The van der Waals surface area contributed by atoms with Gasteiger partial charge in [-0.3, -0.25) is 4.79 Å². The second-order valence-corrected chi connectivity index (χ2v) is 5.29. The van der Waals surface area contributed by atoms with Gasteiger partial charge in [-0.2, -0.15) is 0 Å². The maximum absolute atomic E-state index is 10.4. The van der Waals surface area contributed by atoms with Gasteiger partial charge in [0, 0.05) is 12.5 Å². The zero-order chi connectivity index (χ0) is 11.4.